The Balaban J connectivity index is 2.13. The fraction of sp³-hybridized carbons (Fsp3) is 0.154. The Morgan fingerprint density at radius 1 is 1.52 bits per heavy atom. The molecule has 1 aromatic carbocycles. The number of carbonyl (C=O) groups excluding carboxylic acids is 1. The van der Waals surface area contributed by atoms with Gasteiger partial charge in [0.05, 0.1) is 10.6 Å². The van der Waals surface area contributed by atoms with Gasteiger partial charge in [-0.3, -0.25) is 4.79 Å². The number of hydrogen-bond donors (Lipinski definition) is 2. The number of carboxylic acid groups (broad SMARTS) is 1. The van der Waals surface area contributed by atoms with E-state index >= 15 is 0 Å². The molecule has 2 heterocycles. The zero-order valence-corrected chi connectivity index (χ0v) is 12.0. The second-order valence-electron chi connectivity index (χ2n) is 4.55. The minimum absolute atomic E-state index is 0.111. The van der Waals surface area contributed by atoms with Crippen LogP contribution in [0.3, 0.4) is 0 Å². The molecule has 0 unspecified atom stereocenters. The molecule has 3 rings (SSSR count). The number of carbonyl (C=O) groups is 2. The lowest BCUT2D eigenvalue weighted by Crippen LogP contribution is -2.23. The largest absolute Gasteiger partial charge is 0.476 e. The Morgan fingerprint density at radius 2 is 2.29 bits per heavy atom. The van der Waals surface area contributed by atoms with Crippen LogP contribution >= 0.6 is 23.1 Å². The first-order chi connectivity index (χ1) is 9.97. The molecule has 0 saturated heterocycles. The summed E-state index contributed by atoms with van der Waals surface area (Å²) in [6, 6.07) is 3.93. The van der Waals surface area contributed by atoms with E-state index in [0.29, 0.717) is 10.4 Å². The van der Waals surface area contributed by atoms with Crippen LogP contribution in [-0.4, -0.2) is 21.4 Å². The van der Waals surface area contributed by atoms with Crippen LogP contribution in [0.2, 0.25) is 5.02 Å². The van der Waals surface area contributed by atoms with Crippen molar-refractivity contribution in [1.29, 1.82) is 0 Å². The maximum Gasteiger partial charge on any atom is 0.357 e. The summed E-state index contributed by atoms with van der Waals surface area (Å²) < 4.78 is 17.0. The molecule has 0 saturated carbocycles. The van der Waals surface area contributed by atoms with Gasteiger partial charge >= 0.3 is 5.97 Å². The third-order valence-electron chi connectivity index (χ3n) is 3.23. The first-order valence-corrected chi connectivity index (χ1v) is 7.10. The highest BCUT2D eigenvalue weighted by atomic mass is 35.5. The number of nitrogens with zero attached hydrogens (tertiary/aromatic N) is 1. The van der Waals surface area contributed by atoms with Gasteiger partial charge in [0.2, 0.25) is 5.91 Å². The number of halogens is 2. The summed E-state index contributed by atoms with van der Waals surface area (Å²) in [7, 11) is 0. The molecule has 21 heavy (non-hydrogen) atoms. The number of nitrogens with one attached hydrogen (secondary N) is 1. The van der Waals surface area contributed by atoms with Crippen LogP contribution in [0.5, 0.6) is 0 Å². The van der Waals surface area contributed by atoms with Crippen molar-refractivity contribution < 1.29 is 19.1 Å². The molecule has 108 valence electrons. The number of amides is 1. The van der Waals surface area contributed by atoms with Gasteiger partial charge in [0, 0.05) is 17.4 Å². The molecule has 8 heteroatoms. The van der Waals surface area contributed by atoms with E-state index in [-0.39, 0.29) is 28.7 Å². The quantitative estimate of drug-likeness (QED) is 0.888. The first-order valence-electron chi connectivity index (χ1n) is 5.95. The Kier molecular flexibility index (Phi) is 3.38. The molecule has 1 amide bonds. The predicted molar refractivity (Wildman–Crippen MR) is 75.6 cm³/mol. The Hall–Kier alpha value is -1.99. The second-order valence-corrected chi connectivity index (χ2v) is 5.76. The lowest BCUT2D eigenvalue weighted by molar-refractivity contribution is -0.116. The summed E-state index contributed by atoms with van der Waals surface area (Å²) in [5, 5.41) is 11.8. The number of hydrogen-bond acceptors (Lipinski definition) is 4. The van der Waals surface area contributed by atoms with Gasteiger partial charge in [0.1, 0.15) is 5.82 Å². The van der Waals surface area contributed by atoms with Crippen LogP contribution in [0.1, 0.15) is 33.3 Å². The monoisotopic (exact) mass is 326 g/mol. The van der Waals surface area contributed by atoms with Gasteiger partial charge in [-0.25, -0.2) is 9.18 Å². The maximum atomic E-state index is 13.1. The molecular formula is C13H8ClFN2O3S. The van der Waals surface area contributed by atoms with E-state index in [1.54, 1.807) is 0 Å². The van der Waals surface area contributed by atoms with Gasteiger partial charge in [-0.15, -0.1) is 0 Å². The number of aromatic carboxylic acids is 1. The average molecular weight is 327 g/mol. The summed E-state index contributed by atoms with van der Waals surface area (Å²) in [6.45, 7) is 0. The molecule has 1 aliphatic rings. The van der Waals surface area contributed by atoms with Crippen LogP contribution < -0.4 is 5.32 Å². The van der Waals surface area contributed by atoms with E-state index in [9.17, 15) is 14.0 Å². The van der Waals surface area contributed by atoms with Gasteiger partial charge < -0.3 is 10.4 Å². The molecule has 2 N–H and O–H groups in total. The first kappa shape index (κ1) is 14.0. The molecule has 0 fully saturated rings. The van der Waals surface area contributed by atoms with Crippen molar-refractivity contribution in [1.82, 2.24) is 4.37 Å². The van der Waals surface area contributed by atoms with E-state index in [1.165, 1.54) is 18.2 Å². The Morgan fingerprint density at radius 3 is 2.95 bits per heavy atom. The van der Waals surface area contributed by atoms with Crippen LogP contribution in [0.25, 0.3) is 0 Å². The maximum absolute atomic E-state index is 13.1. The second kappa shape index (κ2) is 5.09. The van der Waals surface area contributed by atoms with Crippen LogP contribution in [0.15, 0.2) is 18.2 Å². The molecule has 2 aromatic rings. The third-order valence-corrected chi connectivity index (χ3v) is 4.52. The number of carboxylic acids is 1. The lowest BCUT2D eigenvalue weighted by atomic mass is 9.90. The van der Waals surface area contributed by atoms with Gasteiger partial charge in [0.15, 0.2) is 5.69 Å². The molecule has 0 aliphatic carbocycles. The summed E-state index contributed by atoms with van der Waals surface area (Å²) in [4.78, 5) is 23.5. The zero-order valence-electron chi connectivity index (χ0n) is 10.4. The van der Waals surface area contributed by atoms with Crippen molar-refractivity contribution in [2.45, 2.75) is 12.3 Å². The molecule has 0 radical (unpaired) electrons. The molecule has 1 atom stereocenters. The van der Waals surface area contributed by atoms with Crippen molar-refractivity contribution in [2.75, 3.05) is 5.32 Å². The highest BCUT2D eigenvalue weighted by Crippen LogP contribution is 2.43. The molecule has 0 spiro atoms. The van der Waals surface area contributed by atoms with Crippen molar-refractivity contribution in [2.24, 2.45) is 0 Å². The van der Waals surface area contributed by atoms with E-state index in [0.717, 1.165) is 11.5 Å². The minimum atomic E-state index is -1.21. The van der Waals surface area contributed by atoms with Crippen molar-refractivity contribution >= 4 is 40.7 Å². The highest BCUT2D eigenvalue weighted by Gasteiger charge is 2.34. The van der Waals surface area contributed by atoms with E-state index < -0.39 is 17.7 Å². The molecule has 0 bridgehead atoms. The lowest BCUT2D eigenvalue weighted by Gasteiger charge is -2.23. The topological polar surface area (TPSA) is 79.3 Å². The van der Waals surface area contributed by atoms with E-state index in [4.69, 9.17) is 16.7 Å². The van der Waals surface area contributed by atoms with E-state index in [2.05, 4.69) is 9.69 Å². The molecule has 1 aliphatic heterocycles. The summed E-state index contributed by atoms with van der Waals surface area (Å²) in [5.41, 5.74) is 0.593. The predicted octanol–water partition coefficient (Wildman–Crippen LogP) is 3.11. The third kappa shape index (κ3) is 2.38. The number of rotatable bonds is 2. The van der Waals surface area contributed by atoms with Gasteiger partial charge in [-0.2, -0.15) is 4.37 Å². The minimum Gasteiger partial charge on any atom is -0.476 e. The summed E-state index contributed by atoms with van der Waals surface area (Å²) in [5.74, 6) is -2.43. The molecule has 1 aromatic heterocycles. The number of aromatic nitrogens is 1. The number of anilines is 1. The number of benzene rings is 1. The summed E-state index contributed by atoms with van der Waals surface area (Å²) in [6.07, 6.45) is 0.111. The summed E-state index contributed by atoms with van der Waals surface area (Å²) >= 11 is 7.04. The van der Waals surface area contributed by atoms with Crippen molar-refractivity contribution in [3.05, 3.63) is 45.2 Å². The smallest absolute Gasteiger partial charge is 0.357 e. The highest BCUT2D eigenvalue weighted by molar-refractivity contribution is 7.06. The zero-order chi connectivity index (χ0) is 15.1. The van der Waals surface area contributed by atoms with Crippen molar-refractivity contribution in [3.8, 4) is 0 Å². The van der Waals surface area contributed by atoms with Crippen LogP contribution in [-0.2, 0) is 4.79 Å². The van der Waals surface area contributed by atoms with Gasteiger partial charge in [-0.1, -0.05) is 17.7 Å². The van der Waals surface area contributed by atoms with E-state index in [1.807, 2.05) is 0 Å². The van der Waals surface area contributed by atoms with Crippen molar-refractivity contribution in [3.63, 3.8) is 0 Å². The molecular weight excluding hydrogens is 319 g/mol. The Bertz CT molecular complexity index is 762. The standard InChI is InChI=1S/C13H8ClFN2O3S/c14-8-3-5(15)1-2-6(8)7-4-9(18)16-10-11(13(19)20)17-21-12(7)10/h1-3,7H,4H2,(H,16,18)(H,19,20)/t7-/m0/s1. The van der Waals surface area contributed by atoms with Gasteiger partial charge in [-0.05, 0) is 29.2 Å². The normalized spacial score (nSPS) is 17.2. The fourth-order valence-electron chi connectivity index (χ4n) is 2.31. The Labute approximate surface area is 127 Å². The number of fused-ring (bicyclic) bond motifs is 1. The van der Waals surface area contributed by atoms with Crippen LogP contribution in [0, 0.1) is 5.82 Å². The van der Waals surface area contributed by atoms with Gasteiger partial charge in [0.25, 0.3) is 0 Å². The fourth-order valence-corrected chi connectivity index (χ4v) is 3.55. The van der Waals surface area contributed by atoms with Crippen LogP contribution in [0.4, 0.5) is 10.1 Å². The average Bonchev–Trinajstić information content (AvgIpc) is 2.81. The SMILES string of the molecule is O=C1C[C@@H](c2ccc(F)cc2Cl)c2snc(C(=O)O)c2N1. The molecule has 5 nitrogen and oxygen atoms in total.